The summed E-state index contributed by atoms with van der Waals surface area (Å²) in [4.78, 5) is 62.8. The second kappa shape index (κ2) is 16.5. The van der Waals surface area contributed by atoms with Gasteiger partial charge in [-0.15, -0.1) is 0 Å². The summed E-state index contributed by atoms with van der Waals surface area (Å²) in [5, 5.41) is 13.3. The fraction of sp³-hybridized carbons (Fsp3) is 0.452. The van der Waals surface area contributed by atoms with Crippen LogP contribution in [-0.2, 0) is 23.8 Å². The fourth-order valence-electron chi connectivity index (χ4n) is 3.72. The first-order valence-electron chi connectivity index (χ1n) is 14.3. The van der Waals surface area contributed by atoms with Crippen molar-refractivity contribution in [3.63, 3.8) is 0 Å². The van der Waals surface area contributed by atoms with E-state index in [1.807, 2.05) is 6.07 Å². The number of halogens is 1. The van der Waals surface area contributed by atoms with Crippen LogP contribution in [0.25, 0.3) is 0 Å². The molecule has 1 unspecified atom stereocenters. The molecule has 2 aromatic carbocycles. The van der Waals surface area contributed by atoms with Gasteiger partial charge in [-0.05, 0) is 72.2 Å². The summed E-state index contributed by atoms with van der Waals surface area (Å²) >= 11 is 6.35. The van der Waals surface area contributed by atoms with E-state index in [4.69, 9.17) is 25.8 Å². The van der Waals surface area contributed by atoms with Crippen LogP contribution < -0.4 is 26.6 Å². The lowest BCUT2D eigenvalue weighted by Gasteiger charge is -2.27. The highest BCUT2D eigenvalue weighted by Crippen LogP contribution is 2.24. The third kappa shape index (κ3) is 14.2. The molecule has 13 nitrogen and oxygen atoms in total. The second-order valence-corrected chi connectivity index (χ2v) is 12.2. The number of nitrogens with one attached hydrogen (secondary N) is 5. The molecule has 0 bridgehead atoms. The summed E-state index contributed by atoms with van der Waals surface area (Å²) in [6.45, 7) is 11.6. The number of esters is 1. The molecule has 0 aliphatic heterocycles. The number of alkyl carbamates (subject to hydrolysis) is 2. The molecule has 0 fully saturated rings. The largest absolute Gasteiger partial charge is 0.466 e. The number of anilines is 1. The molecule has 0 saturated carbocycles. The summed E-state index contributed by atoms with van der Waals surface area (Å²) in [6, 6.07) is 12.5. The molecule has 5 N–H and O–H groups in total. The van der Waals surface area contributed by atoms with Gasteiger partial charge in [0.15, 0.2) is 6.29 Å². The number of rotatable bonds is 12. The lowest BCUT2D eigenvalue weighted by molar-refractivity contribution is -0.143. The van der Waals surface area contributed by atoms with Crippen LogP contribution in [0.5, 0.6) is 0 Å². The third-order valence-electron chi connectivity index (χ3n) is 5.47. The highest BCUT2D eigenvalue weighted by atomic mass is 35.5. The Morgan fingerprint density at radius 3 is 1.93 bits per heavy atom. The molecular formula is C31H42ClN5O8. The molecule has 0 spiro atoms. The normalized spacial score (nSPS) is 11.9. The fourth-order valence-corrected chi connectivity index (χ4v) is 3.90. The summed E-state index contributed by atoms with van der Waals surface area (Å²) in [6.07, 6.45) is -3.03. The van der Waals surface area contributed by atoms with E-state index in [0.717, 1.165) is 0 Å². The van der Waals surface area contributed by atoms with Gasteiger partial charge in [0.2, 0.25) is 5.91 Å². The predicted molar refractivity (Wildman–Crippen MR) is 169 cm³/mol. The van der Waals surface area contributed by atoms with Gasteiger partial charge in [0.25, 0.3) is 5.91 Å². The van der Waals surface area contributed by atoms with E-state index >= 15 is 0 Å². The smallest absolute Gasteiger partial charge is 0.410 e. The van der Waals surface area contributed by atoms with E-state index in [9.17, 15) is 24.0 Å². The quantitative estimate of drug-likeness (QED) is 0.125. The van der Waals surface area contributed by atoms with E-state index in [1.54, 1.807) is 72.7 Å². The molecule has 246 valence electrons. The van der Waals surface area contributed by atoms with Crippen LogP contribution in [0.3, 0.4) is 0 Å². The van der Waals surface area contributed by atoms with E-state index in [1.165, 1.54) is 18.2 Å². The van der Waals surface area contributed by atoms with Crippen molar-refractivity contribution in [1.29, 1.82) is 0 Å². The van der Waals surface area contributed by atoms with Crippen LogP contribution in [0.1, 0.15) is 76.9 Å². The summed E-state index contributed by atoms with van der Waals surface area (Å²) in [5.74, 6) is -1.61. The number of ether oxygens (including phenoxy) is 3. The number of benzene rings is 2. The molecule has 2 rings (SSSR count). The van der Waals surface area contributed by atoms with Gasteiger partial charge in [-0.25, -0.2) is 9.59 Å². The first-order chi connectivity index (χ1) is 21.0. The molecule has 0 aromatic heterocycles. The number of amides is 4. The molecule has 0 aliphatic carbocycles. The Morgan fingerprint density at radius 1 is 0.822 bits per heavy atom. The SMILES string of the molecule is CCOC(=O)CC(NC(=O)CNC(=O)c1ccc(Cl)c(NC(NC(=O)OC(C)(C)C)NC(=O)OC(C)(C)C)c1)c1ccccc1. The molecular weight excluding hydrogens is 606 g/mol. The van der Waals surface area contributed by atoms with Gasteiger partial charge in [0.05, 0.1) is 36.3 Å². The van der Waals surface area contributed by atoms with Crippen molar-refractivity contribution in [3.8, 4) is 0 Å². The third-order valence-corrected chi connectivity index (χ3v) is 5.80. The number of hydrogen-bond donors (Lipinski definition) is 5. The summed E-state index contributed by atoms with van der Waals surface area (Å²) in [5.41, 5.74) is -0.642. The zero-order valence-corrected chi connectivity index (χ0v) is 27.3. The topological polar surface area (TPSA) is 173 Å². The molecule has 1 atom stereocenters. The zero-order valence-electron chi connectivity index (χ0n) is 26.5. The molecule has 0 heterocycles. The van der Waals surface area contributed by atoms with Crippen molar-refractivity contribution in [2.75, 3.05) is 18.5 Å². The van der Waals surface area contributed by atoms with Crippen molar-refractivity contribution in [3.05, 3.63) is 64.7 Å². The average molecular weight is 648 g/mol. The molecule has 0 radical (unpaired) electrons. The molecule has 14 heteroatoms. The first kappa shape index (κ1) is 36.7. The van der Waals surface area contributed by atoms with Crippen LogP contribution in [0.15, 0.2) is 48.5 Å². The van der Waals surface area contributed by atoms with Gasteiger partial charge < -0.3 is 30.2 Å². The Morgan fingerprint density at radius 2 is 1.40 bits per heavy atom. The zero-order chi connectivity index (χ0) is 33.8. The highest BCUT2D eigenvalue weighted by molar-refractivity contribution is 6.33. The van der Waals surface area contributed by atoms with E-state index in [-0.39, 0.29) is 35.8 Å². The average Bonchev–Trinajstić information content (AvgIpc) is 2.91. The minimum atomic E-state index is -1.26. The van der Waals surface area contributed by atoms with Crippen molar-refractivity contribution in [2.45, 2.75) is 78.4 Å². The lowest BCUT2D eigenvalue weighted by Crippen LogP contribution is -2.54. The van der Waals surface area contributed by atoms with Gasteiger partial charge in [0.1, 0.15) is 11.2 Å². The molecule has 0 saturated heterocycles. The van der Waals surface area contributed by atoms with E-state index in [0.29, 0.717) is 5.56 Å². The molecule has 4 amide bonds. The van der Waals surface area contributed by atoms with E-state index in [2.05, 4.69) is 26.6 Å². The number of carbonyl (C=O) groups excluding carboxylic acids is 5. The van der Waals surface area contributed by atoms with Crippen LogP contribution in [-0.4, -0.2) is 60.6 Å². The maximum Gasteiger partial charge on any atom is 0.410 e. The van der Waals surface area contributed by atoms with Crippen LogP contribution in [0.4, 0.5) is 15.3 Å². The van der Waals surface area contributed by atoms with Crippen molar-refractivity contribution >= 4 is 47.3 Å². The van der Waals surface area contributed by atoms with Crippen LogP contribution >= 0.6 is 11.6 Å². The van der Waals surface area contributed by atoms with Crippen LogP contribution in [0.2, 0.25) is 5.02 Å². The maximum absolute atomic E-state index is 13.0. The van der Waals surface area contributed by atoms with Crippen molar-refractivity contribution in [2.24, 2.45) is 0 Å². The molecule has 2 aromatic rings. The van der Waals surface area contributed by atoms with Gasteiger partial charge >= 0.3 is 18.2 Å². The number of hydrogen-bond acceptors (Lipinski definition) is 9. The Hall–Kier alpha value is -4.52. The monoisotopic (exact) mass is 647 g/mol. The van der Waals surface area contributed by atoms with Gasteiger partial charge in [-0.3, -0.25) is 25.0 Å². The summed E-state index contributed by atoms with van der Waals surface area (Å²) < 4.78 is 15.6. The Labute approximate surface area is 268 Å². The lowest BCUT2D eigenvalue weighted by atomic mass is 10.0. The Bertz CT molecular complexity index is 1310. The first-order valence-corrected chi connectivity index (χ1v) is 14.7. The summed E-state index contributed by atoms with van der Waals surface area (Å²) in [7, 11) is 0. The number of carbonyl (C=O) groups is 5. The Balaban J connectivity index is 2.13. The second-order valence-electron chi connectivity index (χ2n) is 11.8. The minimum absolute atomic E-state index is 0.0837. The predicted octanol–water partition coefficient (Wildman–Crippen LogP) is 4.63. The van der Waals surface area contributed by atoms with Gasteiger partial charge in [-0.2, -0.15) is 0 Å². The van der Waals surface area contributed by atoms with Crippen molar-refractivity contribution in [1.82, 2.24) is 21.3 Å². The van der Waals surface area contributed by atoms with Gasteiger partial charge in [0, 0.05) is 5.56 Å². The minimum Gasteiger partial charge on any atom is -0.466 e. The van der Waals surface area contributed by atoms with Crippen LogP contribution in [0, 0.1) is 0 Å². The molecule has 45 heavy (non-hydrogen) atoms. The maximum atomic E-state index is 13.0. The van der Waals surface area contributed by atoms with E-state index < -0.39 is 53.5 Å². The molecule has 0 aliphatic rings. The highest BCUT2D eigenvalue weighted by Gasteiger charge is 2.25. The Kier molecular flexibility index (Phi) is 13.5. The standard InChI is InChI=1S/C31H42ClN5O8/c1-8-43-25(39)17-22(19-12-10-9-11-13-19)34-24(38)18-33-26(40)20-14-15-21(32)23(16-20)35-27(36-28(41)44-30(2,3)4)37-29(42)45-31(5,6)7/h9-16,22,27,35H,8,17-18H2,1-7H3,(H,33,40)(H,34,38)(H,36,41)(H,37,42). The van der Waals surface area contributed by atoms with Crippen molar-refractivity contribution < 1.29 is 38.2 Å². The van der Waals surface area contributed by atoms with Gasteiger partial charge in [-0.1, -0.05) is 41.9 Å².